The van der Waals surface area contributed by atoms with E-state index in [9.17, 15) is 9.59 Å². The molecule has 0 aromatic heterocycles. The van der Waals surface area contributed by atoms with Gasteiger partial charge >= 0.3 is 5.97 Å². The number of methoxy groups -OCH3 is 1. The second-order valence-corrected chi connectivity index (χ2v) is 5.59. The molecule has 2 aromatic rings. The number of aryl methyl sites for hydroxylation is 1. The normalized spacial score (nSPS) is 11.6. The number of hydrogen-bond acceptors (Lipinski definition) is 3. The average Bonchev–Trinajstić information content (AvgIpc) is 2.56. The molecule has 23 heavy (non-hydrogen) atoms. The second-order valence-electron chi connectivity index (χ2n) is 5.59. The molecule has 0 aliphatic rings. The molecule has 1 amide bonds. The third kappa shape index (κ3) is 4.42. The maximum absolute atomic E-state index is 12.3. The highest BCUT2D eigenvalue weighted by atomic mass is 16.5. The molecule has 0 fully saturated rings. The maximum Gasteiger partial charge on any atom is 0.337 e. The lowest BCUT2D eigenvalue weighted by molar-refractivity contribution is -0.116. The second kappa shape index (κ2) is 7.58. The third-order valence-electron chi connectivity index (χ3n) is 3.79. The van der Waals surface area contributed by atoms with Gasteiger partial charge in [-0.2, -0.15) is 0 Å². The molecule has 1 unspecified atom stereocenters. The van der Waals surface area contributed by atoms with E-state index in [1.165, 1.54) is 7.11 Å². The van der Waals surface area contributed by atoms with Gasteiger partial charge in [0.05, 0.1) is 12.7 Å². The predicted octanol–water partition coefficient (Wildman–Crippen LogP) is 3.91. The van der Waals surface area contributed by atoms with E-state index in [0.717, 1.165) is 11.1 Å². The Hall–Kier alpha value is -2.62. The van der Waals surface area contributed by atoms with Crippen molar-refractivity contribution in [3.63, 3.8) is 0 Å². The van der Waals surface area contributed by atoms with Gasteiger partial charge in [-0.15, -0.1) is 0 Å². The summed E-state index contributed by atoms with van der Waals surface area (Å²) in [5.41, 5.74) is 3.09. The van der Waals surface area contributed by atoms with Crippen molar-refractivity contribution in [1.29, 1.82) is 0 Å². The zero-order valence-electron chi connectivity index (χ0n) is 13.6. The van der Waals surface area contributed by atoms with Crippen molar-refractivity contribution in [2.75, 3.05) is 12.4 Å². The molecule has 4 heteroatoms. The Morgan fingerprint density at radius 2 is 1.83 bits per heavy atom. The monoisotopic (exact) mass is 311 g/mol. The standard InChI is InChI=1S/C19H21NO3/c1-13-9-10-16(19(22)23-3)12-17(13)20-18(21)11-14(2)15-7-5-4-6-8-15/h4-10,12,14H,11H2,1-3H3,(H,20,21). The van der Waals surface area contributed by atoms with E-state index in [-0.39, 0.29) is 11.8 Å². The molecule has 0 spiro atoms. The van der Waals surface area contributed by atoms with Gasteiger partial charge in [0.25, 0.3) is 0 Å². The summed E-state index contributed by atoms with van der Waals surface area (Å²) in [6.45, 7) is 3.91. The Kier molecular flexibility index (Phi) is 5.52. The van der Waals surface area contributed by atoms with Crippen LogP contribution in [0.15, 0.2) is 48.5 Å². The van der Waals surface area contributed by atoms with Crippen LogP contribution in [0.5, 0.6) is 0 Å². The summed E-state index contributed by atoms with van der Waals surface area (Å²) in [4.78, 5) is 23.9. The quantitative estimate of drug-likeness (QED) is 0.852. The summed E-state index contributed by atoms with van der Waals surface area (Å²) in [6.07, 6.45) is 0.381. The molecular weight excluding hydrogens is 290 g/mol. The zero-order valence-corrected chi connectivity index (χ0v) is 13.6. The van der Waals surface area contributed by atoms with Crippen LogP contribution >= 0.6 is 0 Å². The molecular formula is C19H21NO3. The minimum absolute atomic E-state index is 0.0773. The highest BCUT2D eigenvalue weighted by molar-refractivity contribution is 5.95. The smallest absolute Gasteiger partial charge is 0.337 e. The predicted molar refractivity (Wildman–Crippen MR) is 90.6 cm³/mol. The van der Waals surface area contributed by atoms with Gasteiger partial charge in [-0.3, -0.25) is 4.79 Å². The fraction of sp³-hybridized carbons (Fsp3) is 0.263. The molecule has 4 nitrogen and oxygen atoms in total. The van der Waals surface area contributed by atoms with Crippen molar-refractivity contribution in [3.8, 4) is 0 Å². The first-order valence-corrected chi connectivity index (χ1v) is 7.55. The number of carbonyl (C=O) groups excluding carboxylic acids is 2. The topological polar surface area (TPSA) is 55.4 Å². The van der Waals surface area contributed by atoms with Crippen molar-refractivity contribution >= 4 is 17.6 Å². The van der Waals surface area contributed by atoms with Gasteiger partial charge in [-0.1, -0.05) is 43.3 Å². The first-order valence-electron chi connectivity index (χ1n) is 7.55. The number of rotatable bonds is 5. The number of benzene rings is 2. The van der Waals surface area contributed by atoms with Crippen molar-refractivity contribution in [3.05, 3.63) is 65.2 Å². The van der Waals surface area contributed by atoms with E-state index in [0.29, 0.717) is 17.7 Å². The van der Waals surface area contributed by atoms with Crippen molar-refractivity contribution in [2.45, 2.75) is 26.2 Å². The molecule has 0 aliphatic carbocycles. The highest BCUT2D eigenvalue weighted by Crippen LogP contribution is 2.21. The van der Waals surface area contributed by atoms with E-state index in [4.69, 9.17) is 4.74 Å². The van der Waals surface area contributed by atoms with Gasteiger partial charge in [0, 0.05) is 12.1 Å². The molecule has 0 radical (unpaired) electrons. The first kappa shape index (κ1) is 16.7. The highest BCUT2D eigenvalue weighted by Gasteiger charge is 2.13. The van der Waals surface area contributed by atoms with E-state index in [1.54, 1.807) is 18.2 Å². The van der Waals surface area contributed by atoms with Crippen LogP contribution in [-0.4, -0.2) is 19.0 Å². The first-order chi connectivity index (χ1) is 11.0. The number of esters is 1. The Morgan fingerprint density at radius 1 is 1.13 bits per heavy atom. The minimum atomic E-state index is -0.418. The molecule has 0 bridgehead atoms. The minimum Gasteiger partial charge on any atom is -0.465 e. The van der Waals surface area contributed by atoms with Crippen LogP contribution in [0, 0.1) is 6.92 Å². The molecule has 0 saturated heterocycles. The van der Waals surface area contributed by atoms with E-state index in [2.05, 4.69) is 5.32 Å². The fourth-order valence-corrected chi connectivity index (χ4v) is 2.38. The van der Waals surface area contributed by atoms with Crippen LogP contribution in [0.25, 0.3) is 0 Å². The number of ether oxygens (including phenoxy) is 1. The average molecular weight is 311 g/mol. The van der Waals surface area contributed by atoms with Gasteiger partial charge in [-0.25, -0.2) is 4.79 Å². The summed E-state index contributed by atoms with van der Waals surface area (Å²) in [5, 5.41) is 2.88. The van der Waals surface area contributed by atoms with E-state index >= 15 is 0 Å². The molecule has 2 rings (SSSR count). The van der Waals surface area contributed by atoms with Gasteiger partial charge in [0.2, 0.25) is 5.91 Å². The summed E-state index contributed by atoms with van der Waals surface area (Å²) >= 11 is 0. The van der Waals surface area contributed by atoms with Gasteiger partial charge in [0.1, 0.15) is 0 Å². The molecule has 2 aromatic carbocycles. The lowest BCUT2D eigenvalue weighted by Crippen LogP contribution is -2.15. The number of carbonyl (C=O) groups is 2. The Morgan fingerprint density at radius 3 is 2.48 bits per heavy atom. The SMILES string of the molecule is COC(=O)c1ccc(C)c(NC(=O)CC(C)c2ccccc2)c1. The Balaban J connectivity index is 2.06. The number of anilines is 1. The van der Waals surface area contributed by atoms with Crippen LogP contribution in [0.3, 0.4) is 0 Å². The maximum atomic E-state index is 12.3. The summed E-state index contributed by atoms with van der Waals surface area (Å²) < 4.78 is 4.71. The summed E-state index contributed by atoms with van der Waals surface area (Å²) in [7, 11) is 1.34. The molecule has 0 aliphatic heterocycles. The molecule has 0 saturated carbocycles. The number of amides is 1. The van der Waals surface area contributed by atoms with Gasteiger partial charge < -0.3 is 10.1 Å². The Labute approximate surface area is 136 Å². The van der Waals surface area contributed by atoms with Crippen LogP contribution in [0.2, 0.25) is 0 Å². The van der Waals surface area contributed by atoms with Gasteiger partial charge in [0.15, 0.2) is 0 Å². The van der Waals surface area contributed by atoms with E-state index in [1.807, 2.05) is 44.2 Å². The lowest BCUT2D eigenvalue weighted by Gasteiger charge is -2.14. The zero-order chi connectivity index (χ0) is 16.8. The van der Waals surface area contributed by atoms with Gasteiger partial charge in [-0.05, 0) is 36.1 Å². The lowest BCUT2D eigenvalue weighted by atomic mass is 9.97. The molecule has 0 heterocycles. The molecule has 1 N–H and O–H groups in total. The summed E-state index contributed by atoms with van der Waals surface area (Å²) in [5.74, 6) is -0.370. The fourth-order valence-electron chi connectivity index (χ4n) is 2.38. The van der Waals surface area contributed by atoms with E-state index < -0.39 is 5.97 Å². The van der Waals surface area contributed by atoms with Crippen molar-refractivity contribution in [1.82, 2.24) is 0 Å². The molecule has 1 atom stereocenters. The summed E-state index contributed by atoms with van der Waals surface area (Å²) in [6, 6.07) is 15.0. The van der Waals surface area contributed by atoms with Crippen molar-refractivity contribution < 1.29 is 14.3 Å². The van der Waals surface area contributed by atoms with Crippen molar-refractivity contribution in [2.24, 2.45) is 0 Å². The van der Waals surface area contributed by atoms with Crippen LogP contribution in [-0.2, 0) is 9.53 Å². The van der Waals surface area contributed by atoms with Crippen LogP contribution in [0.4, 0.5) is 5.69 Å². The third-order valence-corrected chi connectivity index (χ3v) is 3.79. The Bertz CT molecular complexity index is 695. The van der Waals surface area contributed by atoms with Crippen LogP contribution in [0.1, 0.15) is 40.7 Å². The number of hydrogen-bond donors (Lipinski definition) is 1. The number of nitrogens with one attached hydrogen (secondary N) is 1. The van der Waals surface area contributed by atoms with Crippen LogP contribution < -0.4 is 5.32 Å². The largest absolute Gasteiger partial charge is 0.465 e. The molecule has 120 valence electrons.